The molecule has 1 N–H and O–H groups in total. The maximum Gasteiger partial charge on any atom is 0.256 e. The second-order valence-corrected chi connectivity index (χ2v) is 11.6. The van der Waals surface area contributed by atoms with Crippen LogP contribution in [0.1, 0.15) is 36.5 Å². The monoisotopic (exact) mass is 551 g/mol. The van der Waals surface area contributed by atoms with E-state index in [0.717, 1.165) is 39.0 Å². The van der Waals surface area contributed by atoms with Crippen molar-refractivity contribution >= 4 is 57.4 Å². The van der Waals surface area contributed by atoms with E-state index in [0.29, 0.717) is 26.2 Å². The Morgan fingerprint density at radius 3 is 2.50 bits per heavy atom. The molecule has 2 amide bonds. The van der Waals surface area contributed by atoms with E-state index in [2.05, 4.69) is 20.4 Å². The summed E-state index contributed by atoms with van der Waals surface area (Å²) in [6.45, 7) is 5.39. The fourth-order valence-corrected chi connectivity index (χ4v) is 6.51. The highest BCUT2D eigenvalue weighted by atomic mass is 32.2. The molecule has 10 nitrogen and oxygen atoms in total. The molecule has 12 heteroatoms. The molecular formula is C26H29N7O3S2. The van der Waals surface area contributed by atoms with E-state index < -0.39 is 0 Å². The van der Waals surface area contributed by atoms with Crippen molar-refractivity contribution in [2.75, 3.05) is 49.5 Å². The molecule has 2 aromatic heterocycles. The van der Waals surface area contributed by atoms with Crippen molar-refractivity contribution in [1.29, 1.82) is 0 Å². The number of nitrogens with one attached hydrogen (secondary N) is 1. The molecule has 0 atom stereocenters. The molecule has 0 bridgehead atoms. The normalized spacial score (nSPS) is 15.9. The second kappa shape index (κ2) is 11.9. The number of pyridine rings is 1. The zero-order valence-corrected chi connectivity index (χ0v) is 22.8. The van der Waals surface area contributed by atoms with E-state index in [-0.39, 0.29) is 23.1 Å². The van der Waals surface area contributed by atoms with E-state index in [1.807, 2.05) is 18.2 Å². The molecule has 1 aromatic carbocycles. The molecule has 4 heterocycles. The standard InChI is InChI=1S/C26H29N7O3S2/c1-18(34)31-12-14-33(15-13-31)25(35)20-16-19(8-9-21(20)30-36)37-24-17-27-26(38-24)29-22-6-5-7-23(28-22)32-10-3-2-4-11-32/h5-9,16-17H,2-4,10-15H2,1H3,(H,27,28,29). The molecule has 2 saturated heterocycles. The predicted octanol–water partition coefficient (Wildman–Crippen LogP) is 5.13. The number of thiazole rings is 1. The molecule has 0 radical (unpaired) electrons. The summed E-state index contributed by atoms with van der Waals surface area (Å²) < 4.78 is 0.931. The number of piperidine rings is 1. The van der Waals surface area contributed by atoms with Crippen LogP contribution in [0.5, 0.6) is 0 Å². The summed E-state index contributed by atoms with van der Waals surface area (Å²) in [6.07, 6.45) is 5.44. The first kappa shape index (κ1) is 26.1. The lowest BCUT2D eigenvalue weighted by molar-refractivity contribution is -0.130. The van der Waals surface area contributed by atoms with Gasteiger partial charge >= 0.3 is 0 Å². The van der Waals surface area contributed by atoms with Gasteiger partial charge in [-0.25, -0.2) is 9.97 Å². The lowest BCUT2D eigenvalue weighted by Gasteiger charge is -2.34. The number of anilines is 3. The molecule has 5 rings (SSSR count). The lowest BCUT2D eigenvalue weighted by Crippen LogP contribution is -2.50. The van der Waals surface area contributed by atoms with E-state index >= 15 is 0 Å². The minimum absolute atomic E-state index is 0.00496. The van der Waals surface area contributed by atoms with Gasteiger partial charge in [0.05, 0.1) is 16.0 Å². The Kier molecular flexibility index (Phi) is 8.18. The summed E-state index contributed by atoms with van der Waals surface area (Å²) in [4.78, 5) is 52.0. The van der Waals surface area contributed by atoms with Gasteiger partial charge in [-0.2, -0.15) is 0 Å². The van der Waals surface area contributed by atoms with Crippen LogP contribution in [-0.2, 0) is 4.79 Å². The van der Waals surface area contributed by atoms with Gasteiger partial charge in [0.25, 0.3) is 5.91 Å². The van der Waals surface area contributed by atoms with Gasteiger partial charge in [-0.15, -0.1) is 4.91 Å². The number of hydrogen-bond donors (Lipinski definition) is 1. The highest BCUT2D eigenvalue weighted by Crippen LogP contribution is 2.37. The number of hydrogen-bond acceptors (Lipinski definition) is 10. The van der Waals surface area contributed by atoms with E-state index in [1.54, 1.807) is 34.2 Å². The third-order valence-corrected chi connectivity index (χ3v) is 8.67. The van der Waals surface area contributed by atoms with E-state index in [4.69, 9.17) is 4.98 Å². The first-order valence-electron chi connectivity index (χ1n) is 12.6. The fraction of sp³-hybridized carbons (Fsp3) is 0.385. The van der Waals surface area contributed by atoms with Gasteiger partial charge in [-0.1, -0.05) is 29.2 Å². The minimum atomic E-state index is -0.253. The van der Waals surface area contributed by atoms with Gasteiger partial charge in [0.15, 0.2) is 5.13 Å². The maximum absolute atomic E-state index is 13.2. The number of carbonyl (C=O) groups is 2. The minimum Gasteiger partial charge on any atom is -0.357 e. The van der Waals surface area contributed by atoms with Gasteiger partial charge in [-0.05, 0) is 54.8 Å². The molecular weight excluding hydrogens is 522 g/mol. The highest BCUT2D eigenvalue weighted by molar-refractivity contribution is 8.01. The lowest BCUT2D eigenvalue weighted by atomic mass is 10.1. The number of rotatable bonds is 7. The van der Waals surface area contributed by atoms with E-state index in [1.165, 1.54) is 49.3 Å². The van der Waals surface area contributed by atoms with Gasteiger partial charge < -0.3 is 20.0 Å². The highest BCUT2D eigenvalue weighted by Gasteiger charge is 2.25. The molecule has 2 aliphatic heterocycles. The Bertz CT molecular complexity index is 1320. The molecule has 0 unspecified atom stereocenters. The number of aromatic nitrogens is 2. The molecule has 198 valence electrons. The van der Waals surface area contributed by atoms with Crippen molar-refractivity contribution in [2.45, 2.75) is 35.3 Å². The van der Waals surface area contributed by atoms with Gasteiger partial charge in [-0.3, -0.25) is 9.59 Å². The Morgan fingerprint density at radius 2 is 1.76 bits per heavy atom. The van der Waals surface area contributed by atoms with Crippen molar-refractivity contribution < 1.29 is 9.59 Å². The summed E-state index contributed by atoms with van der Waals surface area (Å²) in [5.74, 6) is 1.47. The molecule has 0 aliphatic carbocycles. The van der Waals surface area contributed by atoms with Crippen molar-refractivity contribution in [3.05, 3.63) is 53.1 Å². The topological polar surface area (TPSA) is 111 Å². The molecule has 2 aliphatic rings. The number of nitroso groups, excluding NO2 is 1. The molecule has 0 spiro atoms. The third kappa shape index (κ3) is 6.13. The van der Waals surface area contributed by atoms with E-state index in [9.17, 15) is 14.5 Å². The van der Waals surface area contributed by atoms with Crippen LogP contribution in [0.15, 0.2) is 56.9 Å². The number of nitrogens with zero attached hydrogens (tertiary/aromatic N) is 6. The fourth-order valence-electron chi connectivity index (χ4n) is 4.61. The van der Waals surface area contributed by atoms with Crippen LogP contribution in [-0.4, -0.2) is 70.9 Å². The largest absolute Gasteiger partial charge is 0.357 e. The Morgan fingerprint density at radius 1 is 1.00 bits per heavy atom. The zero-order chi connectivity index (χ0) is 26.5. The van der Waals surface area contributed by atoms with Gasteiger partial charge in [0.2, 0.25) is 5.91 Å². The predicted molar refractivity (Wildman–Crippen MR) is 150 cm³/mol. The average Bonchev–Trinajstić information content (AvgIpc) is 3.39. The average molecular weight is 552 g/mol. The van der Waals surface area contributed by atoms with Crippen molar-refractivity contribution in [1.82, 2.24) is 19.8 Å². The van der Waals surface area contributed by atoms with Crippen molar-refractivity contribution in [3.8, 4) is 0 Å². The second-order valence-electron chi connectivity index (χ2n) is 9.21. The SMILES string of the molecule is CC(=O)N1CCN(C(=O)c2cc(Sc3cnc(Nc4cccc(N5CCCCC5)n4)s3)ccc2N=O)CC1. The van der Waals surface area contributed by atoms with Crippen molar-refractivity contribution in [3.63, 3.8) is 0 Å². The first-order chi connectivity index (χ1) is 18.5. The number of carbonyl (C=O) groups excluding carboxylic acids is 2. The number of benzene rings is 1. The quantitative estimate of drug-likeness (QED) is 0.403. The Hall–Kier alpha value is -3.51. The Labute approximate surface area is 229 Å². The Balaban J connectivity index is 1.25. The summed E-state index contributed by atoms with van der Waals surface area (Å²) in [7, 11) is 0. The summed E-state index contributed by atoms with van der Waals surface area (Å²) in [5, 5.41) is 7.09. The molecule has 38 heavy (non-hydrogen) atoms. The van der Waals surface area contributed by atoms with Crippen LogP contribution in [0, 0.1) is 4.91 Å². The molecule has 2 fully saturated rings. The summed E-state index contributed by atoms with van der Waals surface area (Å²) in [5.41, 5.74) is 0.377. The zero-order valence-electron chi connectivity index (χ0n) is 21.1. The molecule has 3 aromatic rings. The molecule has 0 saturated carbocycles. The van der Waals surface area contributed by atoms with Crippen LogP contribution in [0.4, 0.5) is 22.5 Å². The smallest absolute Gasteiger partial charge is 0.256 e. The van der Waals surface area contributed by atoms with Crippen LogP contribution < -0.4 is 10.2 Å². The third-order valence-electron chi connectivity index (χ3n) is 6.66. The van der Waals surface area contributed by atoms with Gasteiger partial charge in [0, 0.05) is 51.1 Å². The van der Waals surface area contributed by atoms with Crippen LogP contribution in [0.3, 0.4) is 0 Å². The number of amides is 2. The van der Waals surface area contributed by atoms with Crippen LogP contribution >= 0.6 is 23.1 Å². The first-order valence-corrected chi connectivity index (χ1v) is 14.3. The summed E-state index contributed by atoms with van der Waals surface area (Å²) >= 11 is 2.95. The summed E-state index contributed by atoms with van der Waals surface area (Å²) in [6, 6.07) is 11.0. The van der Waals surface area contributed by atoms with Crippen LogP contribution in [0.25, 0.3) is 0 Å². The van der Waals surface area contributed by atoms with Crippen molar-refractivity contribution in [2.24, 2.45) is 5.18 Å². The number of piperazine rings is 1. The van der Waals surface area contributed by atoms with Gasteiger partial charge in [0.1, 0.15) is 17.3 Å². The maximum atomic E-state index is 13.2. The van der Waals surface area contributed by atoms with Crippen LogP contribution in [0.2, 0.25) is 0 Å².